The van der Waals surface area contributed by atoms with Gasteiger partial charge < -0.3 is 9.80 Å². The van der Waals surface area contributed by atoms with Crippen molar-refractivity contribution in [3.63, 3.8) is 0 Å². The summed E-state index contributed by atoms with van der Waals surface area (Å²) in [5, 5.41) is 0. The van der Waals surface area contributed by atoms with Crippen LogP contribution in [0, 0.1) is 0 Å². The van der Waals surface area contributed by atoms with Gasteiger partial charge in [0.05, 0.1) is 34.1 Å². The molecule has 0 radical (unpaired) electrons. The van der Waals surface area contributed by atoms with Crippen LogP contribution in [-0.2, 0) is 6.42 Å². The van der Waals surface area contributed by atoms with Crippen LogP contribution in [0.15, 0.2) is 413 Å². The van der Waals surface area contributed by atoms with Crippen LogP contribution in [-0.4, -0.2) is 0 Å². The molecule has 2 nitrogen and oxygen atoms in total. The van der Waals surface area contributed by atoms with Crippen LogP contribution >= 0.6 is 0 Å². The smallest absolute Gasteiger partial charge is 0.0619 e. The number of anilines is 6. The number of rotatable bonds is 13. The van der Waals surface area contributed by atoms with E-state index in [1.54, 1.807) is 0 Å². The largest absolute Gasteiger partial charge is 0.309 e. The maximum atomic E-state index is 2.73. The van der Waals surface area contributed by atoms with Crippen LogP contribution in [0.3, 0.4) is 0 Å². The molecule has 0 bridgehead atoms. The molecular formula is C105H72N2. The van der Waals surface area contributed by atoms with E-state index in [4.69, 9.17) is 0 Å². The number of hydrogen-bond donors (Lipinski definition) is 0. The fourth-order valence-corrected chi connectivity index (χ4v) is 17.6. The van der Waals surface area contributed by atoms with Gasteiger partial charge in [0, 0.05) is 39.7 Å². The Bertz CT molecular complexity index is 5700. The van der Waals surface area contributed by atoms with Crippen LogP contribution in [0.1, 0.15) is 56.3 Å². The molecule has 17 aromatic rings. The first-order valence-electron chi connectivity index (χ1n) is 37.3. The molecule has 0 fully saturated rings. The zero-order valence-corrected chi connectivity index (χ0v) is 59.0. The van der Waals surface area contributed by atoms with Gasteiger partial charge in [-0.05, 0) is 195 Å². The highest BCUT2D eigenvalue weighted by atomic mass is 15.2. The Morgan fingerprint density at radius 3 is 0.776 bits per heavy atom. The van der Waals surface area contributed by atoms with Gasteiger partial charge >= 0.3 is 0 Å². The molecule has 20 rings (SSSR count). The van der Waals surface area contributed by atoms with Gasteiger partial charge in [0.25, 0.3) is 0 Å². The van der Waals surface area contributed by atoms with Crippen LogP contribution in [0.4, 0.5) is 34.1 Å². The molecule has 2 heterocycles. The normalized spacial score (nSPS) is 12.7. The Labute approximate surface area is 626 Å². The summed E-state index contributed by atoms with van der Waals surface area (Å²) < 4.78 is 0. The summed E-state index contributed by atoms with van der Waals surface area (Å²) in [6.45, 7) is 0. The first kappa shape index (κ1) is 63.1. The molecule has 0 saturated heterocycles. The van der Waals surface area contributed by atoms with Crippen LogP contribution < -0.4 is 9.80 Å². The quantitative estimate of drug-likeness (QED) is 0.114. The van der Waals surface area contributed by atoms with Crippen molar-refractivity contribution in [1.29, 1.82) is 0 Å². The summed E-state index contributed by atoms with van der Waals surface area (Å²) in [5.74, 6) is -0.459. The summed E-state index contributed by atoms with van der Waals surface area (Å²) in [4.78, 5) is 5.46. The lowest BCUT2D eigenvalue weighted by Crippen LogP contribution is -2.31. The monoisotopic (exact) mass is 1360 g/mol. The van der Waals surface area contributed by atoms with Gasteiger partial charge in [-0.25, -0.2) is 0 Å². The van der Waals surface area contributed by atoms with Crippen molar-refractivity contribution in [2.75, 3.05) is 9.80 Å². The Morgan fingerprint density at radius 1 is 0.178 bits per heavy atom. The van der Waals surface area contributed by atoms with E-state index < -0.39 is 0 Å². The van der Waals surface area contributed by atoms with Crippen LogP contribution in [0.2, 0.25) is 0 Å². The van der Waals surface area contributed by atoms with E-state index in [1.165, 1.54) is 77.9 Å². The van der Waals surface area contributed by atoms with Gasteiger partial charge in [-0.2, -0.15) is 0 Å². The summed E-state index contributed by atoms with van der Waals surface area (Å²) in [6, 6.07) is 155. The molecule has 0 spiro atoms. The Morgan fingerprint density at radius 2 is 0.449 bits per heavy atom. The van der Waals surface area contributed by atoms with Crippen molar-refractivity contribution < 1.29 is 0 Å². The second kappa shape index (κ2) is 26.9. The van der Waals surface area contributed by atoms with Crippen molar-refractivity contribution in [1.82, 2.24) is 0 Å². The third kappa shape index (κ3) is 11.1. The average molecular weight is 1360 g/mol. The third-order valence-electron chi connectivity index (χ3n) is 22.4. The minimum atomic E-state index is -0.321. The van der Waals surface area contributed by atoms with Gasteiger partial charge in [-0.3, -0.25) is 0 Å². The zero-order chi connectivity index (χ0) is 70.7. The SMILES string of the molecule is c1ccc(-c2cc(-c3ccccc3)c(N3c4ccc(-c5ccccc5-c5ccccc5)cc4C4c5cc(-c6ccccc6-c6ccccc6)ccc5N(c5c(-c6ccccc6)cc(-c6ccccc6)cc5-c5ccccc5)c5cc(C6c7ccccc7Cc7ccccc76)cc3c54)c(-c3ccccc3)c2)cc1. The summed E-state index contributed by atoms with van der Waals surface area (Å²) in [7, 11) is 0. The molecule has 3 aliphatic rings. The third-order valence-corrected chi connectivity index (χ3v) is 22.4. The van der Waals surface area contributed by atoms with Crippen molar-refractivity contribution >= 4 is 34.1 Å². The fraction of sp³-hybridized carbons (Fsp3) is 0.0286. The van der Waals surface area contributed by atoms with Gasteiger partial charge in [0.2, 0.25) is 0 Å². The molecule has 0 atom stereocenters. The summed E-state index contributed by atoms with van der Waals surface area (Å²) in [6.07, 6.45) is 0.858. The highest BCUT2D eigenvalue weighted by Gasteiger charge is 2.45. The number of hydrogen-bond acceptors (Lipinski definition) is 2. The topological polar surface area (TPSA) is 6.48 Å². The fourth-order valence-electron chi connectivity index (χ4n) is 17.6. The van der Waals surface area contributed by atoms with E-state index in [2.05, 4.69) is 422 Å². The second-order valence-electron chi connectivity index (χ2n) is 28.5. The van der Waals surface area contributed by atoms with Crippen LogP contribution in [0.5, 0.6) is 0 Å². The molecule has 2 heteroatoms. The highest BCUT2D eigenvalue weighted by molar-refractivity contribution is 6.09. The minimum absolute atomic E-state index is 0.137. The van der Waals surface area contributed by atoms with Crippen molar-refractivity contribution in [2.24, 2.45) is 0 Å². The van der Waals surface area contributed by atoms with Crippen LogP contribution in [0.25, 0.3) is 111 Å². The molecule has 0 N–H and O–H groups in total. The molecule has 0 unspecified atom stereocenters. The zero-order valence-electron chi connectivity index (χ0n) is 59.0. The van der Waals surface area contributed by atoms with Gasteiger partial charge in [0.1, 0.15) is 0 Å². The average Bonchev–Trinajstić information content (AvgIpc) is 0.684. The first-order valence-corrected chi connectivity index (χ1v) is 37.3. The van der Waals surface area contributed by atoms with E-state index in [0.717, 1.165) is 118 Å². The lowest BCUT2D eigenvalue weighted by molar-refractivity contribution is 0.870. The van der Waals surface area contributed by atoms with E-state index >= 15 is 0 Å². The Balaban J connectivity index is 0.989. The van der Waals surface area contributed by atoms with E-state index in [1.807, 2.05) is 0 Å². The predicted molar refractivity (Wildman–Crippen MR) is 448 cm³/mol. The number of benzene rings is 17. The van der Waals surface area contributed by atoms with Gasteiger partial charge in [-0.1, -0.05) is 352 Å². The van der Waals surface area contributed by atoms with E-state index in [9.17, 15) is 0 Å². The maximum Gasteiger partial charge on any atom is 0.0619 e. The standard InChI is InChI=1S/C105H72N2/c1-9-33-70(34-10-1)82-64-91(74-41-17-5-18-42-74)104(92(65-82)75-43-19-6-20-44-75)106-97-59-57-80(87-53-31-29-51-85(87)72-37-13-3-14-38-72)62-95(97)102-96-63-81(88-54-32-30-52-86(88)73-39-15-4-16-40-73)58-60-98(96)107(100-69-84(68-99(106)103(100)102)101-89-55-27-25-49-78(89)61-79-50-26-28-56-90(79)101)105-93(76-45-21-7-22-46-76)66-83(71-35-11-2-12-36-71)67-94(105)77-47-23-8-24-48-77/h1-60,62-69,101-102H,61H2. The Kier molecular flexibility index (Phi) is 15.8. The van der Waals surface area contributed by atoms with E-state index in [0.29, 0.717) is 0 Å². The number of nitrogens with zero attached hydrogens (tertiary/aromatic N) is 2. The lowest BCUT2D eigenvalue weighted by Gasteiger charge is -2.47. The molecule has 107 heavy (non-hydrogen) atoms. The van der Waals surface area contributed by atoms with Gasteiger partial charge in [-0.15, -0.1) is 0 Å². The molecule has 0 amide bonds. The number of fused-ring (bicyclic) bond motifs is 6. The van der Waals surface area contributed by atoms with E-state index in [-0.39, 0.29) is 11.8 Å². The molecule has 502 valence electrons. The summed E-state index contributed by atoms with van der Waals surface area (Å²) in [5.41, 5.74) is 39.9. The molecular weight excluding hydrogens is 1290 g/mol. The highest BCUT2D eigenvalue weighted by Crippen LogP contribution is 2.66. The van der Waals surface area contributed by atoms with Crippen molar-refractivity contribution in [2.45, 2.75) is 18.3 Å². The van der Waals surface area contributed by atoms with Crippen molar-refractivity contribution in [3.05, 3.63) is 457 Å². The molecule has 17 aromatic carbocycles. The molecule has 2 aliphatic heterocycles. The molecule has 0 saturated carbocycles. The second-order valence-corrected chi connectivity index (χ2v) is 28.5. The van der Waals surface area contributed by atoms with Crippen molar-refractivity contribution in [3.8, 4) is 111 Å². The van der Waals surface area contributed by atoms with Gasteiger partial charge in [0.15, 0.2) is 0 Å². The minimum Gasteiger partial charge on any atom is -0.309 e. The lowest BCUT2D eigenvalue weighted by atomic mass is 9.71. The molecule has 1 aliphatic carbocycles. The Hall–Kier alpha value is -13.7. The predicted octanol–water partition coefficient (Wildman–Crippen LogP) is 28.2. The summed E-state index contributed by atoms with van der Waals surface area (Å²) >= 11 is 0. The molecule has 0 aromatic heterocycles. The maximum absolute atomic E-state index is 2.73. The first-order chi connectivity index (χ1) is 53.1.